The lowest BCUT2D eigenvalue weighted by Crippen LogP contribution is -2.42. The van der Waals surface area contributed by atoms with E-state index in [1.54, 1.807) is 7.05 Å². The summed E-state index contributed by atoms with van der Waals surface area (Å²) in [5.74, 6) is 0.379. The second-order valence-electron chi connectivity index (χ2n) is 8.06. The normalized spacial score (nSPS) is 15.4. The van der Waals surface area contributed by atoms with Crippen LogP contribution in [-0.2, 0) is 16.1 Å². The molecule has 150 valence electrons. The van der Waals surface area contributed by atoms with Crippen LogP contribution in [0.3, 0.4) is 0 Å². The Morgan fingerprint density at radius 2 is 1.81 bits per heavy atom. The van der Waals surface area contributed by atoms with E-state index < -0.39 is 5.60 Å². The van der Waals surface area contributed by atoms with Crippen molar-refractivity contribution in [3.8, 4) is 0 Å². The average molecular weight is 375 g/mol. The molecule has 27 heavy (non-hydrogen) atoms. The minimum atomic E-state index is -0.482. The molecule has 1 heterocycles. The number of carbonyl (C=O) groups excluding carboxylic acids is 1. The largest absolute Gasteiger partial charge is 0.459 e. The van der Waals surface area contributed by atoms with Crippen molar-refractivity contribution in [2.24, 2.45) is 4.99 Å². The molecule has 1 aromatic carbocycles. The molecule has 0 bridgehead atoms. The number of aliphatic imine (C=N–C) groups is 1. The molecule has 2 rings (SSSR count). The molecule has 0 amide bonds. The molecule has 1 aromatic rings. The van der Waals surface area contributed by atoms with Crippen LogP contribution in [0, 0.1) is 0 Å². The molecule has 0 atom stereocenters. The SMILES string of the molecule is CN=C(NCC(=O)OC(C)(C)C)N(C)Cc1ccc(N2CCCCC2)cc1. The van der Waals surface area contributed by atoms with Crippen LogP contribution in [0.15, 0.2) is 29.3 Å². The van der Waals surface area contributed by atoms with Crippen molar-refractivity contribution in [2.75, 3.05) is 38.6 Å². The first kappa shape index (κ1) is 21.1. The fraction of sp³-hybridized carbons (Fsp3) is 0.619. The highest BCUT2D eigenvalue weighted by molar-refractivity contribution is 5.84. The van der Waals surface area contributed by atoms with Gasteiger partial charge in [-0.25, -0.2) is 0 Å². The Balaban J connectivity index is 1.86. The third-order valence-corrected chi connectivity index (χ3v) is 4.46. The summed E-state index contributed by atoms with van der Waals surface area (Å²) < 4.78 is 5.32. The maximum atomic E-state index is 11.9. The van der Waals surface area contributed by atoms with E-state index in [1.165, 1.54) is 30.5 Å². The maximum Gasteiger partial charge on any atom is 0.325 e. The molecular weight excluding hydrogens is 340 g/mol. The van der Waals surface area contributed by atoms with Crippen molar-refractivity contribution in [2.45, 2.75) is 52.2 Å². The van der Waals surface area contributed by atoms with Crippen LogP contribution >= 0.6 is 0 Å². The second-order valence-corrected chi connectivity index (χ2v) is 8.06. The van der Waals surface area contributed by atoms with E-state index in [9.17, 15) is 4.79 Å². The van der Waals surface area contributed by atoms with E-state index in [1.807, 2.05) is 32.7 Å². The monoisotopic (exact) mass is 374 g/mol. The van der Waals surface area contributed by atoms with Gasteiger partial charge in [0.25, 0.3) is 0 Å². The summed E-state index contributed by atoms with van der Waals surface area (Å²) in [7, 11) is 3.68. The van der Waals surface area contributed by atoms with Gasteiger partial charge < -0.3 is 19.9 Å². The van der Waals surface area contributed by atoms with E-state index in [2.05, 4.69) is 39.5 Å². The van der Waals surface area contributed by atoms with E-state index in [-0.39, 0.29) is 12.5 Å². The summed E-state index contributed by atoms with van der Waals surface area (Å²) in [6.45, 7) is 8.70. The summed E-state index contributed by atoms with van der Waals surface area (Å²) in [6.07, 6.45) is 3.91. The minimum absolute atomic E-state index is 0.0994. The van der Waals surface area contributed by atoms with Crippen molar-refractivity contribution in [1.29, 1.82) is 0 Å². The summed E-state index contributed by atoms with van der Waals surface area (Å²) in [4.78, 5) is 20.6. The highest BCUT2D eigenvalue weighted by Gasteiger charge is 2.17. The van der Waals surface area contributed by atoms with Gasteiger partial charge >= 0.3 is 5.97 Å². The number of rotatable bonds is 5. The zero-order valence-electron chi connectivity index (χ0n) is 17.4. The first-order chi connectivity index (χ1) is 12.8. The van der Waals surface area contributed by atoms with Gasteiger partial charge in [0.05, 0.1) is 0 Å². The van der Waals surface area contributed by atoms with Crippen molar-refractivity contribution in [1.82, 2.24) is 10.2 Å². The van der Waals surface area contributed by atoms with Crippen LogP contribution in [0.4, 0.5) is 5.69 Å². The van der Waals surface area contributed by atoms with Gasteiger partial charge in [-0.1, -0.05) is 12.1 Å². The second kappa shape index (κ2) is 9.62. The number of hydrogen-bond donors (Lipinski definition) is 1. The molecule has 0 radical (unpaired) electrons. The number of guanidine groups is 1. The van der Waals surface area contributed by atoms with Crippen LogP contribution in [0.5, 0.6) is 0 Å². The number of hydrogen-bond acceptors (Lipinski definition) is 4. The van der Waals surface area contributed by atoms with E-state index in [0.717, 1.165) is 13.1 Å². The minimum Gasteiger partial charge on any atom is -0.459 e. The molecule has 1 saturated heterocycles. The molecule has 0 spiro atoms. The third-order valence-electron chi connectivity index (χ3n) is 4.46. The number of nitrogens with one attached hydrogen (secondary N) is 1. The van der Waals surface area contributed by atoms with Gasteiger partial charge in [-0.3, -0.25) is 9.79 Å². The lowest BCUT2D eigenvalue weighted by Gasteiger charge is -2.29. The predicted molar refractivity (Wildman–Crippen MR) is 111 cm³/mol. The topological polar surface area (TPSA) is 57.2 Å². The number of carbonyl (C=O) groups is 1. The lowest BCUT2D eigenvalue weighted by molar-refractivity contribution is -0.153. The number of ether oxygens (including phenoxy) is 1. The fourth-order valence-electron chi connectivity index (χ4n) is 3.23. The molecule has 1 N–H and O–H groups in total. The molecule has 6 nitrogen and oxygen atoms in total. The Kier molecular flexibility index (Phi) is 7.51. The van der Waals surface area contributed by atoms with Crippen molar-refractivity contribution in [3.05, 3.63) is 29.8 Å². The van der Waals surface area contributed by atoms with Gasteiger partial charge in [-0.05, 0) is 57.7 Å². The van der Waals surface area contributed by atoms with Crippen LogP contribution < -0.4 is 10.2 Å². The fourth-order valence-corrected chi connectivity index (χ4v) is 3.23. The van der Waals surface area contributed by atoms with Crippen LogP contribution in [0.2, 0.25) is 0 Å². The van der Waals surface area contributed by atoms with Crippen molar-refractivity contribution >= 4 is 17.6 Å². The molecule has 0 aliphatic carbocycles. The zero-order valence-corrected chi connectivity index (χ0v) is 17.4. The van der Waals surface area contributed by atoms with Gasteiger partial charge in [0.15, 0.2) is 5.96 Å². The van der Waals surface area contributed by atoms with E-state index >= 15 is 0 Å². The molecule has 0 unspecified atom stereocenters. The number of esters is 1. The van der Waals surface area contributed by atoms with Crippen LogP contribution in [-0.4, -0.2) is 56.2 Å². The van der Waals surface area contributed by atoms with Crippen molar-refractivity contribution in [3.63, 3.8) is 0 Å². The van der Waals surface area contributed by atoms with Crippen LogP contribution in [0.25, 0.3) is 0 Å². The highest BCUT2D eigenvalue weighted by Crippen LogP contribution is 2.20. The average Bonchev–Trinajstić information content (AvgIpc) is 2.62. The number of anilines is 1. The number of nitrogens with zero attached hydrogens (tertiary/aromatic N) is 3. The predicted octanol–water partition coefficient (Wildman–Crippen LogP) is 3.03. The van der Waals surface area contributed by atoms with Gasteiger partial charge in [-0.2, -0.15) is 0 Å². The summed E-state index contributed by atoms with van der Waals surface area (Å²) in [6, 6.07) is 8.74. The first-order valence-electron chi connectivity index (χ1n) is 9.76. The molecule has 0 saturated carbocycles. The Labute approximate surface area is 163 Å². The quantitative estimate of drug-likeness (QED) is 0.488. The van der Waals surface area contributed by atoms with Gasteiger partial charge in [0.1, 0.15) is 12.1 Å². The van der Waals surface area contributed by atoms with E-state index in [0.29, 0.717) is 12.5 Å². The standard InChI is InChI=1S/C21H34N4O2/c1-21(2,3)27-19(26)15-23-20(22-4)24(5)16-17-9-11-18(12-10-17)25-13-7-6-8-14-25/h9-12H,6-8,13-16H2,1-5H3,(H,22,23). The molecule has 1 aliphatic rings. The number of benzene rings is 1. The van der Waals surface area contributed by atoms with E-state index in [4.69, 9.17) is 4.74 Å². The highest BCUT2D eigenvalue weighted by atomic mass is 16.6. The Bertz CT molecular complexity index is 629. The van der Waals surface area contributed by atoms with Crippen molar-refractivity contribution < 1.29 is 9.53 Å². The van der Waals surface area contributed by atoms with Gasteiger partial charge in [-0.15, -0.1) is 0 Å². The third kappa shape index (κ3) is 7.12. The smallest absolute Gasteiger partial charge is 0.325 e. The molecule has 1 fully saturated rings. The zero-order chi connectivity index (χ0) is 19.9. The Morgan fingerprint density at radius 3 is 2.37 bits per heavy atom. The van der Waals surface area contributed by atoms with Crippen LogP contribution in [0.1, 0.15) is 45.6 Å². The number of piperidine rings is 1. The Morgan fingerprint density at radius 1 is 1.19 bits per heavy atom. The molecule has 1 aliphatic heterocycles. The molecule has 0 aromatic heterocycles. The Hall–Kier alpha value is -2.24. The van der Waals surface area contributed by atoms with Gasteiger partial charge in [0.2, 0.25) is 0 Å². The lowest BCUT2D eigenvalue weighted by atomic mass is 10.1. The maximum absolute atomic E-state index is 11.9. The summed E-state index contributed by atoms with van der Waals surface area (Å²) in [5, 5.41) is 3.07. The van der Waals surface area contributed by atoms with Gasteiger partial charge in [0, 0.05) is 39.4 Å². The molecule has 6 heteroatoms. The summed E-state index contributed by atoms with van der Waals surface area (Å²) >= 11 is 0. The first-order valence-corrected chi connectivity index (χ1v) is 9.76. The molecular formula is C21H34N4O2. The summed E-state index contributed by atoms with van der Waals surface area (Å²) in [5.41, 5.74) is 2.02.